The molecule has 5 nitrogen and oxygen atoms in total. The van der Waals surface area contributed by atoms with Crippen LogP contribution < -0.4 is 5.32 Å². The summed E-state index contributed by atoms with van der Waals surface area (Å²) in [6.45, 7) is 1.80. The molecule has 162 valence electrons. The van der Waals surface area contributed by atoms with E-state index in [-0.39, 0.29) is 5.91 Å². The molecular weight excluding hydrogens is 410 g/mol. The van der Waals surface area contributed by atoms with Crippen LogP contribution in [0.2, 0.25) is 5.02 Å². The smallest absolute Gasteiger partial charge is 0.287 e. The van der Waals surface area contributed by atoms with Crippen molar-refractivity contribution in [3.05, 3.63) is 88.6 Å². The number of pyridine rings is 1. The van der Waals surface area contributed by atoms with Gasteiger partial charge in [-0.2, -0.15) is 0 Å². The average Bonchev–Trinajstić information content (AvgIpc) is 3.28. The maximum Gasteiger partial charge on any atom is 0.287 e. The van der Waals surface area contributed by atoms with Crippen LogP contribution in [0.4, 0.5) is 0 Å². The number of aromatic nitrogens is 1. The van der Waals surface area contributed by atoms with Crippen LogP contribution in [0.1, 0.15) is 59.7 Å². The quantitative estimate of drug-likeness (QED) is 0.498. The minimum absolute atomic E-state index is 0.229. The predicted octanol–water partition coefficient (Wildman–Crippen LogP) is 5.59. The maximum absolute atomic E-state index is 12.5. The number of hydrogen-bond donors (Lipinski definition) is 1. The van der Waals surface area contributed by atoms with Crippen LogP contribution in [0.25, 0.3) is 0 Å². The van der Waals surface area contributed by atoms with Crippen LogP contribution in [-0.2, 0) is 19.6 Å². The van der Waals surface area contributed by atoms with Gasteiger partial charge in [-0.05, 0) is 48.7 Å². The topological polar surface area (TPSA) is 58.4 Å². The summed E-state index contributed by atoms with van der Waals surface area (Å²) in [5.41, 5.74) is 1.93. The van der Waals surface area contributed by atoms with Gasteiger partial charge in [0.15, 0.2) is 5.76 Å². The van der Waals surface area contributed by atoms with E-state index in [0.29, 0.717) is 24.9 Å². The number of amides is 1. The molecule has 1 N–H and O–H groups in total. The molecule has 1 aliphatic rings. The average molecular weight is 438 g/mol. The number of nitrogens with one attached hydrogen (secondary N) is 1. The van der Waals surface area contributed by atoms with Crippen molar-refractivity contribution in [1.82, 2.24) is 15.2 Å². The monoisotopic (exact) mass is 437 g/mol. The molecule has 1 amide bonds. The third-order valence-electron chi connectivity index (χ3n) is 5.82. The minimum Gasteiger partial charge on any atom is -0.455 e. The van der Waals surface area contributed by atoms with Crippen molar-refractivity contribution in [1.29, 1.82) is 0 Å². The van der Waals surface area contributed by atoms with Gasteiger partial charge in [-0.3, -0.25) is 14.7 Å². The number of furan rings is 1. The molecule has 0 spiro atoms. The molecule has 0 unspecified atom stereocenters. The lowest BCUT2D eigenvalue weighted by Gasteiger charge is -2.34. The Morgan fingerprint density at radius 3 is 2.61 bits per heavy atom. The van der Waals surface area contributed by atoms with E-state index in [1.54, 1.807) is 12.3 Å². The summed E-state index contributed by atoms with van der Waals surface area (Å²) in [7, 11) is 0. The predicted molar refractivity (Wildman–Crippen MR) is 122 cm³/mol. The van der Waals surface area contributed by atoms with Crippen LogP contribution >= 0.6 is 11.6 Å². The summed E-state index contributed by atoms with van der Waals surface area (Å²) >= 11 is 6.43. The van der Waals surface area contributed by atoms with E-state index in [4.69, 9.17) is 16.0 Å². The van der Waals surface area contributed by atoms with Gasteiger partial charge in [0.1, 0.15) is 5.76 Å². The molecule has 0 atom stereocenters. The number of halogens is 1. The van der Waals surface area contributed by atoms with Crippen LogP contribution in [0.5, 0.6) is 0 Å². The zero-order chi connectivity index (χ0) is 21.5. The van der Waals surface area contributed by atoms with Gasteiger partial charge in [0.05, 0.1) is 18.8 Å². The number of carbonyl (C=O) groups is 1. The Kier molecular flexibility index (Phi) is 7.39. The third kappa shape index (κ3) is 5.96. The summed E-state index contributed by atoms with van der Waals surface area (Å²) in [4.78, 5) is 19.2. The zero-order valence-corrected chi connectivity index (χ0v) is 18.4. The minimum atomic E-state index is -0.229. The Hall–Kier alpha value is -2.63. The standard InChI is InChI=1S/C25H28ClN3O2/c26-23-12-5-4-8-19(23)17-29(21-10-2-1-3-11-21)18-22-13-14-24(31-22)25(30)28-16-20-9-6-7-15-27-20/h4-9,12-15,21H,1-3,10-11,16-18H2,(H,28,30). The van der Waals surface area contributed by atoms with Crippen molar-refractivity contribution in [2.45, 2.75) is 57.8 Å². The Labute approximate surface area is 188 Å². The van der Waals surface area contributed by atoms with Crippen molar-refractivity contribution >= 4 is 17.5 Å². The molecule has 1 aliphatic carbocycles. The van der Waals surface area contributed by atoms with E-state index in [0.717, 1.165) is 28.6 Å². The highest BCUT2D eigenvalue weighted by atomic mass is 35.5. The highest BCUT2D eigenvalue weighted by molar-refractivity contribution is 6.31. The van der Waals surface area contributed by atoms with E-state index in [2.05, 4.69) is 21.3 Å². The first-order valence-corrected chi connectivity index (χ1v) is 11.3. The van der Waals surface area contributed by atoms with Crippen molar-refractivity contribution in [3.63, 3.8) is 0 Å². The lowest BCUT2D eigenvalue weighted by molar-refractivity contribution is 0.0912. The van der Waals surface area contributed by atoms with Gasteiger partial charge < -0.3 is 9.73 Å². The highest BCUT2D eigenvalue weighted by Crippen LogP contribution is 2.27. The fraction of sp³-hybridized carbons (Fsp3) is 0.360. The van der Waals surface area contributed by atoms with Crippen LogP contribution in [-0.4, -0.2) is 21.8 Å². The third-order valence-corrected chi connectivity index (χ3v) is 6.19. The van der Waals surface area contributed by atoms with Crippen LogP contribution in [0.3, 0.4) is 0 Å². The van der Waals surface area contributed by atoms with Crippen molar-refractivity contribution in [3.8, 4) is 0 Å². The second-order valence-electron chi connectivity index (χ2n) is 8.06. The van der Waals surface area contributed by atoms with E-state index < -0.39 is 0 Å². The molecule has 31 heavy (non-hydrogen) atoms. The second-order valence-corrected chi connectivity index (χ2v) is 8.47. The molecule has 2 aromatic heterocycles. The largest absolute Gasteiger partial charge is 0.455 e. The molecule has 1 saturated carbocycles. The number of benzene rings is 1. The van der Waals surface area contributed by atoms with Crippen molar-refractivity contribution in [2.75, 3.05) is 0 Å². The first-order valence-electron chi connectivity index (χ1n) is 10.9. The Morgan fingerprint density at radius 1 is 1.03 bits per heavy atom. The second kappa shape index (κ2) is 10.6. The lowest BCUT2D eigenvalue weighted by atomic mass is 9.93. The van der Waals surface area contributed by atoms with Gasteiger partial charge in [-0.1, -0.05) is 55.1 Å². The van der Waals surface area contributed by atoms with E-state index >= 15 is 0 Å². The molecule has 0 saturated heterocycles. The van der Waals surface area contributed by atoms with Gasteiger partial charge in [0, 0.05) is 23.8 Å². The molecule has 6 heteroatoms. The molecule has 1 aromatic carbocycles. The number of rotatable bonds is 8. The number of carbonyl (C=O) groups excluding carboxylic acids is 1. The first kappa shape index (κ1) is 21.6. The highest BCUT2D eigenvalue weighted by Gasteiger charge is 2.23. The van der Waals surface area contributed by atoms with Gasteiger partial charge in [0.2, 0.25) is 0 Å². The summed E-state index contributed by atoms with van der Waals surface area (Å²) in [5, 5.41) is 3.66. The van der Waals surface area contributed by atoms with Crippen molar-refractivity contribution < 1.29 is 9.21 Å². The van der Waals surface area contributed by atoms with E-state index in [1.165, 1.54) is 32.1 Å². The summed E-state index contributed by atoms with van der Waals surface area (Å²) < 4.78 is 5.92. The zero-order valence-electron chi connectivity index (χ0n) is 17.6. The molecule has 0 bridgehead atoms. The van der Waals surface area contributed by atoms with Crippen LogP contribution in [0.15, 0.2) is 65.2 Å². The van der Waals surface area contributed by atoms with E-state index in [1.807, 2.05) is 42.5 Å². The van der Waals surface area contributed by atoms with Gasteiger partial charge in [0.25, 0.3) is 5.91 Å². The molecule has 4 rings (SSSR count). The molecule has 2 heterocycles. The molecule has 0 aliphatic heterocycles. The van der Waals surface area contributed by atoms with Gasteiger partial charge in [-0.15, -0.1) is 0 Å². The Bertz CT molecular complexity index is 983. The molecule has 3 aromatic rings. The summed E-state index contributed by atoms with van der Waals surface area (Å²) in [6, 6.07) is 17.8. The SMILES string of the molecule is O=C(NCc1ccccn1)c1ccc(CN(Cc2ccccc2Cl)C2CCCCC2)o1. The summed E-state index contributed by atoms with van der Waals surface area (Å²) in [6.07, 6.45) is 7.89. The molecule has 1 fully saturated rings. The first-order chi connectivity index (χ1) is 15.2. The van der Waals surface area contributed by atoms with E-state index in [9.17, 15) is 4.79 Å². The summed E-state index contributed by atoms with van der Waals surface area (Å²) in [5.74, 6) is 0.889. The molecule has 0 radical (unpaired) electrons. The van der Waals surface area contributed by atoms with Crippen LogP contribution in [0, 0.1) is 0 Å². The number of nitrogens with zero attached hydrogens (tertiary/aromatic N) is 2. The van der Waals surface area contributed by atoms with Crippen molar-refractivity contribution in [2.24, 2.45) is 0 Å². The van der Waals surface area contributed by atoms with Gasteiger partial charge >= 0.3 is 0 Å². The fourth-order valence-corrected chi connectivity index (χ4v) is 4.35. The fourth-order valence-electron chi connectivity index (χ4n) is 4.15. The molecular formula is C25H28ClN3O2. The lowest BCUT2D eigenvalue weighted by Crippen LogP contribution is -2.35. The van der Waals surface area contributed by atoms with Gasteiger partial charge in [-0.25, -0.2) is 0 Å². The maximum atomic E-state index is 12.5. The Morgan fingerprint density at radius 2 is 1.84 bits per heavy atom. The normalized spacial score (nSPS) is 14.6. The Balaban J connectivity index is 1.42. The number of hydrogen-bond acceptors (Lipinski definition) is 4.